The molecule has 3 heteroatoms. The first-order chi connectivity index (χ1) is 8.81. The second-order valence-corrected chi connectivity index (χ2v) is 5.43. The molecule has 0 aromatic heterocycles. The van der Waals surface area contributed by atoms with E-state index in [1.165, 1.54) is 24.0 Å². The lowest BCUT2D eigenvalue weighted by molar-refractivity contribution is -0.121. The van der Waals surface area contributed by atoms with Crippen LogP contribution in [-0.4, -0.2) is 24.5 Å². The molecule has 1 amide bonds. The van der Waals surface area contributed by atoms with E-state index in [1.54, 1.807) is 0 Å². The topological polar surface area (TPSA) is 41.1 Å². The monoisotopic (exact) mass is 244 g/mol. The van der Waals surface area contributed by atoms with Gasteiger partial charge in [-0.1, -0.05) is 24.3 Å². The Bertz CT molecular complexity index is 440. The predicted molar refractivity (Wildman–Crippen MR) is 71.4 cm³/mol. The fourth-order valence-electron chi connectivity index (χ4n) is 2.62. The van der Waals surface area contributed by atoms with Crippen molar-refractivity contribution in [2.75, 3.05) is 6.54 Å². The fraction of sp³-hybridized carbons (Fsp3) is 0.533. The number of fused-ring (bicyclic) bond motifs is 1. The zero-order chi connectivity index (χ0) is 12.4. The quantitative estimate of drug-likeness (QED) is 0.841. The smallest absolute Gasteiger partial charge is 0.234 e. The van der Waals surface area contributed by atoms with Crippen molar-refractivity contribution >= 4 is 5.91 Å². The zero-order valence-corrected chi connectivity index (χ0v) is 10.6. The number of carbonyl (C=O) groups is 1. The van der Waals surface area contributed by atoms with E-state index >= 15 is 0 Å². The molecule has 0 spiro atoms. The van der Waals surface area contributed by atoms with Crippen LogP contribution in [0.2, 0.25) is 0 Å². The number of carbonyl (C=O) groups excluding carboxylic acids is 1. The number of rotatable bonds is 4. The van der Waals surface area contributed by atoms with Gasteiger partial charge in [-0.05, 0) is 43.2 Å². The highest BCUT2D eigenvalue weighted by atomic mass is 16.2. The molecular formula is C15H20N2O. The summed E-state index contributed by atoms with van der Waals surface area (Å²) in [4.78, 5) is 11.8. The lowest BCUT2D eigenvalue weighted by Gasteiger charge is -2.25. The third kappa shape index (κ3) is 2.91. The molecule has 1 aromatic carbocycles. The molecule has 1 aromatic rings. The molecule has 0 heterocycles. The van der Waals surface area contributed by atoms with Gasteiger partial charge in [0.15, 0.2) is 0 Å². The Labute approximate surface area is 108 Å². The number of benzene rings is 1. The summed E-state index contributed by atoms with van der Waals surface area (Å²) in [5.41, 5.74) is 2.84. The molecule has 3 nitrogen and oxygen atoms in total. The molecule has 1 saturated carbocycles. The number of amides is 1. The van der Waals surface area contributed by atoms with Crippen molar-refractivity contribution in [1.82, 2.24) is 10.6 Å². The van der Waals surface area contributed by atoms with Gasteiger partial charge in [-0.3, -0.25) is 4.79 Å². The lowest BCUT2D eigenvalue weighted by Crippen LogP contribution is -2.43. The van der Waals surface area contributed by atoms with Crippen LogP contribution in [0.3, 0.4) is 0 Å². The van der Waals surface area contributed by atoms with Crippen molar-refractivity contribution < 1.29 is 4.79 Å². The van der Waals surface area contributed by atoms with Gasteiger partial charge in [0.1, 0.15) is 0 Å². The van der Waals surface area contributed by atoms with Crippen molar-refractivity contribution in [3.05, 3.63) is 35.4 Å². The highest BCUT2D eigenvalue weighted by molar-refractivity contribution is 5.78. The van der Waals surface area contributed by atoms with E-state index < -0.39 is 0 Å². The van der Waals surface area contributed by atoms with E-state index in [2.05, 4.69) is 34.9 Å². The summed E-state index contributed by atoms with van der Waals surface area (Å²) in [7, 11) is 0. The summed E-state index contributed by atoms with van der Waals surface area (Å²) >= 11 is 0. The van der Waals surface area contributed by atoms with Crippen LogP contribution in [-0.2, 0) is 17.6 Å². The number of hydrogen-bond acceptors (Lipinski definition) is 2. The van der Waals surface area contributed by atoms with Gasteiger partial charge in [0.2, 0.25) is 5.91 Å². The van der Waals surface area contributed by atoms with Gasteiger partial charge >= 0.3 is 0 Å². The molecule has 1 atom stereocenters. The Kier molecular flexibility index (Phi) is 3.33. The molecule has 3 rings (SSSR count). The predicted octanol–water partition coefficient (Wildman–Crippen LogP) is 1.41. The Morgan fingerprint density at radius 2 is 1.89 bits per heavy atom. The molecular weight excluding hydrogens is 224 g/mol. The third-order valence-corrected chi connectivity index (χ3v) is 3.84. The van der Waals surface area contributed by atoms with Crippen LogP contribution in [0.25, 0.3) is 0 Å². The molecule has 0 radical (unpaired) electrons. The molecule has 2 N–H and O–H groups in total. The van der Waals surface area contributed by atoms with Crippen molar-refractivity contribution in [1.29, 1.82) is 0 Å². The average molecular weight is 244 g/mol. The standard InChI is InChI=1S/C15H20N2O/c18-15(10-16-13-7-8-13)17-14-6-5-11-3-1-2-4-12(11)9-14/h1-4,13-14,16H,5-10H2,(H,17,18). The molecule has 2 aliphatic carbocycles. The van der Waals surface area contributed by atoms with E-state index in [4.69, 9.17) is 0 Å². The summed E-state index contributed by atoms with van der Waals surface area (Å²) in [5.74, 6) is 0.145. The molecule has 1 fully saturated rings. The minimum atomic E-state index is 0.145. The maximum absolute atomic E-state index is 11.8. The first-order valence-corrected chi connectivity index (χ1v) is 6.91. The SMILES string of the molecule is O=C(CNC1CC1)NC1CCc2ccccc2C1. The number of nitrogens with one attached hydrogen (secondary N) is 2. The van der Waals surface area contributed by atoms with Gasteiger partial charge in [-0.25, -0.2) is 0 Å². The minimum Gasteiger partial charge on any atom is -0.352 e. The van der Waals surface area contributed by atoms with Crippen LogP contribution in [0.15, 0.2) is 24.3 Å². The Balaban J connectivity index is 1.50. The van der Waals surface area contributed by atoms with E-state index in [0.717, 1.165) is 19.3 Å². The third-order valence-electron chi connectivity index (χ3n) is 3.84. The summed E-state index contributed by atoms with van der Waals surface area (Å²) in [5, 5.41) is 6.39. The van der Waals surface area contributed by atoms with E-state index in [0.29, 0.717) is 18.6 Å². The van der Waals surface area contributed by atoms with Crippen LogP contribution < -0.4 is 10.6 Å². The average Bonchev–Trinajstić information content (AvgIpc) is 3.20. The maximum atomic E-state index is 11.8. The highest BCUT2D eigenvalue weighted by Crippen LogP contribution is 2.21. The summed E-state index contributed by atoms with van der Waals surface area (Å²) in [6.45, 7) is 0.475. The van der Waals surface area contributed by atoms with Gasteiger partial charge in [-0.15, -0.1) is 0 Å². The van der Waals surface area contributed by atoms with Crippen LogP contribution in [0.1, 0.15) is 30.4 Å². The zero-order valence-electron chi connectivity index (χ0n) is 10.6. The van der Waals surface area contributed by atoms with Crippen LogP contribution in [0.4, 0.5) is 0 Å². The molecule has 2 aliphatic rings. The first kappa shape index (κ1) is 11.7. The largest absolute Gasteiger partial charge is 0.352 e. The Morgan fingerprint density at radius 1 is 1.11 bits per heavy atom. The molecule has 0 saturated heterocycles. The second kappa shape index (κ2) is 5.11. The van der Waals surface area contributed by atoms with Crippen LogP contribution >= 0.6 is 0 Å². The van der Waals surface area contributed by atoms with E-state index in [-0.39, 0.29) is 5.91 Å². The van der Waals surface area contributed by atoms with Crippen molar-refractivity contribution in [2.45, 2.75) is 44.2 Å². The maximum Gasteiger partial charge on any atom is 0.234 e. The van der Waals surface area contributed by atoms with E-state index in [1.807, 2.05) is 0 Å². The van der Waals surface area contributed by atoms with Gasteiger partial charge < -0.3 is 10.6 Å². The Morgan fingerprint density at radius 3 is 2.67 bits per heavy atom. The highest BCUT2D eigenvalue weighted by Gasteiger charge is 2.23. The normalized spacial score (nSPS) is 22.3. The van der Waals surface area contributed by atoms with Crippen molar-refractivity contribution in [2.24, 2.45) is 0 Å². The molecule has 18 heavy (non-hydrogen) atoms. The summed E-state index contributed by atoms with van der Waals surface area (Å²) in [6, 6.07) is 9.46. The van der Waals surface area contributed by atoms with Crippen LogP contribution in [0.5, 0.6) is 0 Å². The number of aryl methyl sites for hydroxylation is 1. The van der Waals surface area contributed by atoms with Crippen LogP contribution in [0, 0.1) is 0 Å². The summed E-state index contributed by atoms with van der Waals surface area (Å²) < 4.78 is 0. The fourth-order valence-corrected chi connectivity index (χ4v) is 2.62. The van der Waals surface area contributed by atoms with E-state index in [9.17, 15) is 4.79 Å². The van der Waals surface area contributed by atoms with Gasteiger partial charge in [0.05, 0.1) is 6.54 Å². The second-order valence-electron chi connectivity index (χ2n) is 5.43. The Hall–Kier alpha value is -1.35. The van der Waals surface area contributed by atoms with Crippen molar-refractivity contribution in [3.8, 4) is 0 Å². The lowest BCUT2D eigenvalue weighted by atomic mass is 9.88. The summed E-state index contributed by atoms with van der Waals surface area (Å²) in [6.07, 6.45) is 5.57. The minimum absolute atomic E-state index is 0.145. The van der Waals surface area contributed by atoms with Crippen molar-refractivity contribution in [3.63, 3.8) is 0 Å². The molecule has 1 unspecified atom stereocenters. The van der Waals surface area contributed by atoms with Gasteiger partial charge in [-0.2, -0.15) is 0 Å². The van der Waals surface area contributed by atoms with Gasteiger partial charge in [0, 0.05) is 12.1 Å². The number of hydrogen-bond donors (Lipinski definition) is 2. The molecule has 0 aliphatic heterocycles. The van der Waals surface area contributed by atoms with Gasteiger partial charge in [0.25, 0.3) is 0 Å². The molecule has 96 valence electrons. The molecule has 0 bridgehead atoms. The first-order valence-electron chi connectivity index (χ1n) is 6.91.